The third-order valence-electron chi connectivity index (χ3n) is 3.22. The van der Waals surface area contributed by atoms with Gasteiger partial charge in [0.1, 0.15) is 22.5 Å². The molecule has 0 fully saturated rings. The van der Waals surface area contributed by atoms with Crippen molar-refractivity contribution < 1.29 is 34.5 Å². The minimum atomic E-state index is -1.56. The molecule has 0 bridgehead atoms. The standard InChI is InChI=1S/2C9H7NO.H2O.O.V/c2*11-8-5-1-3-7-4-2-6-10-9(7)8;;;/h2*1-6,11H;1H2;;/q;;;;+1/p-1. The maximum absolute atomic E-state index is 9.31. The number of pyridine rings is 2. The van der Waals surface area contributed by atoms with E-state index in [-0.39, 0.29) is 11.5 Å². The number of hydrogen-bond donors (Lipinski definition) is 3. The average Bonchev–Trinajstić information content (AvgIpc) is 2.64. The van der Waals surface area contributed by atoms with Gasteiger partial charge in [-0.05, 0) is 24.3 Å². The van der Waals surface area contributed by atoms with Gasteiger partial charge in [-0.2, -0.15) is 0 Å². The zero-order chi connectivity index (χ0) is 18.1. The fourth-order valence-electron chi connectivity index (χ4n) is 2.18. The van der Waals surface area contributed by atoms with Crippen LogP contribution in [0.1, 0.15) is 0 Å². The summed E-state index contributed by atoms with van der Waals surface area (Å²) in [7, 11) is 0. The Morgan fingerprint density at radius 2 is 1.04 bits per heavy atom. The van der Waals surface area contributed by atoms with Crippen molar-refractivity contribution in [1.29, 1.82) is 0 Å². The third-order valence-corrected chi connectivity index (χ3v) is 3.22. The molecule has 0 atom stereocenters. The van der Waals surface area contributed by atoms with Gasteiger partial charge in [0, 0.05) is 23.2 Å². The summed E-state index contributed by atoms with van der Waals surface area (Å²) in [5, 5.41) is 20.5. The van der Waals surface area contributed by atoms with Crippen LogP contribution in [0.5, 0.6) is 11.5 Å². The van der Waals surface area contributed by atoms with Crippen LogP contribution >= 0.6 is 0 Å². The molecular formula is C18H15N2O4V. The van der Waals surface area contributed by atoms with E-state index in [1.165, 1.54) is 0 Å². The van der Waals surface area contributed by atoms with Gasteiger partial charge in [-0.1, -0.05) is 36.4 Å². The van der Waals surface area contributed by atoms with Gasteiger partial charge >= 0.3 is 24.3 Å². The van der Waals surface area contributed by atoms with Gasteiger partial charge in [0.15, 0.2) is 0 Å². The van der Waals surface area contributed by atoms with Crippen LogP contribution in [-0.2, 0) is 20.3 Å². The Labute approximate surface area is 151 Å². The molecule has 126 valence electrons. The molecule has 2 aromatic heterocycles. The number of rotatable bonds is 0. The van der Waals surface area contributed by atoms with E-state index in [1.54, 1.807) is 36.7 Å². The summed E-state index contributed by atoms with van der Waals surface area (Å²) in [6.07, 6.45) is 3.34. The van der Waals surface area contributed by atoms with Crippen molar-refractivity contribution >= 4 is 21.8 Å². The zero-order valence-electron chi connectivity index (χ0n) is 13.0. The predicted octanol–water partition coefficient (Wildman–Crippen LogP) is 3.20. The van der Waals surface area contributed by atoms with Crippen LogP contribution in [0.15, 0.2) is 73.1 Å². The normalized spacial score (nSPS) is 9.48. The molecule has 0 aliphatic rings. The second-order valence-electron chi connectivity index (χ2n) is 4.79. The number of benzene rings is 2. The number of phenolic OH excluding ortho intramolecular Hbond substituents is 2. The average molecular weight is 374 g/mol. The molecule has 4 aromatic rings. The molecule has 6 nitrogen and oxygen atoms in total. The van der Waals surface area contributed by atoms with E-state index in [9.17, 15) is 10.2 Å². The van der Waals surface area contributed by atoms with Crippen molar-refractivity contribution in [2.75, 3.05) is 0 Å². The van der Waals surface area contributed by atoms with E-state index in [0.29, 0.717) is 11.0 Å². The molecule has 3 N–H and O–H groups in total. The van der Waals surface area contributed by atoms with Gasteiger partial charge in [-0.15, -0.1) is 0 Å². The van der Waals surface area contributed by atoms with Gasteiger partial charge in [0.05, 0.1) is 0 Å². The SMILES string of the molecule is Oc1cccc2cccnc12.Oc1cccc2cccnc12.[O]=[V][OH]. The number of para-hydroxylation sites is 2. The Morgan fingerprint density at radius 3 is 1.40 bits per heavy atom. The number of nitrogens with zero attached hydrogens (tertiary/aromatic N) is 2. The molecule has 4 rings (SSSR count). The molecule has 0 aliphatic heterocycles. The van der Waals surface area contributed by atoms with Crippen molar-refractivity contribution in [3.8, 4) is 11.5 Å². The van der Waals surface area contributed by atoms with Gasteiger partial charge in [0.25, 0.3) is 0 Å². The van der Waals surface area contributed by atoms with Crippen LogP contribution in [0.2, 0.25) is 0 Å². The summed E-state index contributed by atoms with van der Waals surface area (Å²) < 4.78 is 15.7. The molecule has 0 spiro atoms. The van der Waals surface area contributed by atoms with Crippen LogP contribution < -0.4 is 0 Å². The summed E-state index contributed by atoms with van der Waals surface area (Å²) >= 11 is -1.56. The second-order valence-corrected chi connectivity index (χ2v) is 5.04. The summed E-state index contributed by atoms with van der Waals surface area (Å²) in [6.45, 7) is 0. The zero-order valence-corrected chi connectivity index (χ0v) is 14.4. The quantitative estimate of drug-likeness (QED) is 0.437. The number of aromatic hydroxyl groups is 2. The Bertz CT molecular complexity index is 891. The summed E-state index contributed by atoms with van der Waals surface area (Å²) in [6, 6.07) is 18.3. The van der Waals surface area contributed by atoms with Crippen LogP contribution in [0.4, 0.5) is 0 Å². The molecule has 0 radical (unpaired) electrons. The third kappa shape index (κ3) is 5.09. The van der Waals surface area contributed by atoms with Crippen molar-refractivity contribution in [3.05, 3.63) is 73.1 Å². The maximum atomic E-state index is 9.31. The van der Waals surface area contributed by atoms with Gasteiger partial charge in [-0.3, -0.25) is 9.97 Å². The fraction of sp³-hybridized carbons (Fsp3) is 0. The fourth-order valence-corrected chi connectivity index (χ4v) is 2.18. The Balaban J connectivity index is 0.000000156. The van der Waals surface area contributed by atoms with Crippen molar-refractivity contribution in [2.45, 2.75) is 0 Å². The number of hydrogen-bond acceptors (Lipinski definition) is 5. The summed E-state index contributed by atoms with van der Waals surface area (Å²) in [5.41, 5.74) is 1.32. The first kappa shape index (κ1) is 18.5. The van der Waals surface area contributed by atoms with Crippen molar-refractivity contribution in [3.63, 3.8) is 0 Å². The van der Waals surface area contributed by atoms with Crippen molar-refractivity contribution in [2.24, 2.45) is 0 Å². The van der Waals surface area contributed by atoms with Gasteiger partial charge < -0.3 is 10.2 Å². The molecule has 7 heteroatoms. The van der Waals surface area contributed by atoms with E-state index >= 15 is 0 Å². The summed E-state index contributed by atoms with van der Waals surface area (Å²) in [4.78, 5) is 8.06. The second kappa shape index (κ2) is 9.49. The van der Waals surface area contributed by atoms with E-state index in [1.807, 2.05) is 36.4 Å². The first-order chi connectivity index (χ1) is 12.2. The number of fused-ring (bicyclic) bond motifs is 2. The monoisotopic (exact) mass is 374 g/mol. The Hall–Kier alpha value is -2.80. The van der Waals surface area contributed by atoms with Gasteiger partial charge in [0.2, 0.25) is 0 Å². The number of aromatic nitrogens is 2. The molecule has 0 amide bonds. The molecule has 0 saturated carbocycles. The molecule has 0 saturated heterocycles. The minimum absolute atomic E-state index is 0.239. The van der Waals surface area contributed by atoms with E-state index in [4.69, 9.17) is 7.71 Å². The molecular weight excluding hydrogens is 359 g/mol. The van der Waals surface area contributed by atoms with Crippen LogP contribution in [0, 0.1) is 0 Å². The number of phenols is 2. The van der Waals surface area contributed by atoms with Crippen LogP contribution in [0.25, 0.3) is 21.8 Å². The first-order valence-electron chi connectivity index (χ1n) is 7.19. The Kier molecular flexibility index (Phi) is 7.04. The summed E-state index contributed by atoms with van der Waals surface area (Å²) in [5.74, 6) is 0.478. The van der Waals surface area contributed by atoms with Crippen molar-refractivity contribution in [1.82, 2.24) is 9.97 Å². The van der Waals surface area contributed by atoms with Gasteiger partial charge in [-0.25, -0.2) is 0 Å². The molecule has 2 aromatic carbocycles. The first-order valence-corrected chi connectivity index (χ1v) is 8.39. The van der Waals surface area contributed by atoms with E-state index in [2.05, 4.69) is 9.97 Å². The molecule has 25 heavy (non-hydrogen) atoms. The van der Waals surface area contributed by atoms with Crippen LogP contribution in [-0.4, -0.2) is 24.2 Å². The molecule has 2 heterocycles. The van der Waals surface area contributed by atoms with E-state index < -0.39 is 16.6 Å². The van der Waals surface area contributed by atoms with Crippen LogP contribution in [0.3, 0.4) is 0 Å². The topological polar surface area (TPSA) is 104 Å². The molecule has 0 aliphatic carbocycles. The van der Waals surface area contributed by atoms with E-state index in [0.717, 1.165) is 10.8 Å². The molecule has 0 unspecified atom stereocenters. The predicted molar refractivity (Wildman–Crippen MR) is 89.7 cm³/mol. The Morgan fingerprint density at radius 1 is 0.680 bits per heavy atom.